The minimum atomic E-state index is -0.168. The van der Waals surface area contributed by atoms with E-state index in [0.717, 1.165) is 25.8 Å². The number of nitrogens with zero attached hydrogens (tertiary/aromatic N) is 1. The van der Waals surface area contributed by atoms with Gasteiger partial charge in [0.15, 0.2) is 0 Å². The van der Waals surface area contributed by atoms with Crippen molar-refractivity contribution in [1.82, 2.24) is 9.97 Å². The maximum Gasteiger partial charge on any atom is 0.258 e. The molecule has 3 aromatic rings. The van der Waals surface area contributed by atoms with E-state index in [-0.39, 0.29) is 5.56 Å². The van der Waals surface area contributed by atoms with E-state index in [9.17, 15) is 4.79 Å². The molecule has 6 heteroatoms. The van der Waals surface area contributed by atoms with Crippen LogP contribution in [0.4, 0.5) is 0 Å². The lowest BCUT2D eigenvalue weighted by Gasteiger charge is -2.19. The highest BCUT2D eigenvalue weighted by Crippen LogP contribution is 2.35. The van der Waals surface area contributed by atoms with E-state index in [1.807, 2.05) is 42.5 Å². The molecule has 0 fully saturated rings. The van der Waals surface area contributed by atoms with Gasteiger partial charge in [-0.2, -0.15) is 4.98 Å². The van der Waals surface area contributed by atoms with E-state index < -0.39 is 0 Å². The smallest absolute Gasteiger partial charge is 0.258 e. The van der Waals surface area contributed by atoms with Crippen molar-refractivity contribution in [3.05, 3.63) is 72.9 Å². The van der Waals surface area contributed by atoms with Crippen LogP contribution in [0.25, 0.3) is 11.4 Å². The first kappa shape index (κ1) is 14.7. The highest BCUT2D eigenvalue weighted by Gasteiger charge is 2.22. The van der Waals surface area contributed by atoms with E-state index in [1.54, 1.807) is 0 Å². The predicted octanol–water partition coefficient (Wildman–Crippen LogP) is 4.66. The van der Waals surface area contributed by atoms with E-state index >= 15 is 0 Å². The first-order chi connectivity index (χ1) is 11.1. The number of H-pyrrole nitrogens is 1. The van der Waals surface area contributed by atoms with Gasteiger partial charge in [0.1, 0.15) is 11.6 Å². The summed E-state index contributed by atoms with van der Waals surface area (Å²) in [4.78, 5) is 19.8. The quantitative estimate of drug-likeness (QED) is 0.475. The summed E-state index contributed by atoms with van der Waals surface area (Å²) in [6, 6.07) is 13.3. The lowest BCUT2D eigenvalue weighted by Crippen LogP contribution is -2.20. The van der Waals surface area contributed by atoms with Gasteiger partial charge in [0.25, 0.3) is 5.56 Å². The lowest BCUT2D eigenvalue weighted by molar-refractivity contribution is 0.438. The van der Waals surface area contributed by atoms with Crippen LogP contribution >= 0.6 is 31.9 Å². The van der Waals surface area contributed by atoms with Crippen molar-refractivity contribution < 1.29 is 4.74 Å². The van der Waals surface area contributed by atoms with E-state index in [0.29, 0.717) is 23.7 Å². The number of fused-ring (bicyclic) bond motifs is 2. The maximum absolute atomic E-state index is 12.4. The van der Waals surface area contributed by atoms with Gasteiger partial charge < -0.3 is 9.72 Å². The number of hydrogen-bond donors (Lipinski definition) is 1. The highest BCUT2D eigenvalue weighted by atomic mass is 79.9. The number of ether oxygens (including phenoxy) is 1. The zero-order valence-corrected chi connectivity index (χ0v) is 14.9. The van der Waals surface area contributed by atoms with E-state index in [1.165, 1.54) is 0 Å². The van der Waals surface area contributed by atoms with Crippen molar-refractivity contribution in [2.75, 3.05) is 0 Å². The lowest BCUT2D eigenvalue weighted by atomic mass is 10.0. The number of nitrogens with one attached hydrogen (secondary N) is 1. The van der Waals surface area contributed by atoms with Gasteiger partial charge in [-0.15, -0.1) is 0 Å². The minimum Gasteiger partial charge on any atom is -0.438 e. The molecule has 114 valence electrons. The van der Waals surface area contributed by atoms with Crippen LogP contribution in [-0.2, 0) is 6.42 Å². The van der Waals surface area contributed by atoms with Gasteiger partial charge in [-0.25, -0.2) is 0 Å². The Kier molecular flexibility index (Phi) is 3.58. The molecule has 0 radical (unpaired) electrons. The zero-order chi connectivity index (χ0) is 16.0. The van der Waals surface area contributed by atoms with Crippen molar-refractivity contribution in [2.24, 2.45) is 0 Å². The fourth-order valence-corrected chi connectivity index (χ4v) is 3.22. The monoisotopic (exact) mass is 432 g/mol. The van der Waals surface area contributed by atoms with Crippen LogP contribution in [0.2, 0.25) is 0 Å². The standard InChI is InChI=1S/C17H10Br2N2O2/c18-11-3-1-9(2-4-11)15-20-16(22)13-8-10-7-12(19)5-6-14(10)23-17(13)21-15/h1-7H,8H2,(H,20,21,22). The third kappa shape index (κ3) is 2.72. The van der Waals surface area contributed by atoms with Crippen molar-refractivity contribution in [3.63, 3.8) is 0 Å². The molecule has 1 aromatic heterocycles. The highest BCUT2D eigenvalue weighted by molar-refractivity contribution is 9.10. The summed E-state index contributed by atoms with van der Waals surface area (Å²) < 4.78 is 7.77. The van der Waals surface area contributed by atoms with Crippen LogP contribution in [0.3, 0.4) is 0 Å². The second-order valence-corrected chi connectivity index (χ2v) is 7.07. The van der Waals surface area contributed by atoms with Gasteiger partial charge in [-0.05, 0) is 30.3 Å². The summed E-state index contributed by atoms with van der Waals surface area (Å²) >= 11 is 6.83. The zero-order valence-electron chi connectivity index (χ0n) is 11.8. The van der Waals surface area contributed by atoms with E-state index in [4.69, 9.17) is 4.74 Å². The molecule has 23 heavy (non-hydrogen) atoms. The van der Waals surface area contributed by atoms with Crippen LogP contribution in [0, 0.1) is 0 Å². The number of rotatable bonds is 1. The molecule has 0 aliphatic carbocycles. The molecule has 0 saturated heterocycles. The fourth-order valence-electron chi connectivity index (χ4n) is 2.54. The molecule has 4 rings (SSSR count). The van der Waals surface area contributed by atoms with Gasteiger partial charge in [0.2, 0.25) is 5.88 Å². The molecule has 0 unspecified atom stereocenters. The molecule has 4 nitrogen and oxygen atoms in total. The molecule has 1 aliphatic heterocycles. The third-order valence-corrected chi connectivity index (χ3v) is 4.71. The predicted molar refractivity (Wildman–Crippen MR) is 95.0 cm³/mol. The van der Waals surface area contributed by atoms with Gasteiger partial charge in [-0.3, -0.25) is 4.79 Å². The number of hydrogen-bond acceptors (Lipinski definition) is 3. The summed E-state index contributed by atoms with van der Waals surface area (Å²) in [6.45, 7) is 0. The van der Waals surface area contributed by atoms with Crippen LogP contribution in [0.1, 0.15) is 11.1 Å². The van der Waals surface area contributed by atoms with Crippen LogP contribution in [0.5, 0.6) is 11.6 Å². The maximum atomic E-state index is 12.4. The first-order valence-corrected chi connectivity index (χ1v) is 8.54. The molecule has 0 spiro atoms. The second kappa shape index (κ2) is 5.62. The molecule has 0 atom stereocenters. The molecule has 1 aliphatic rings. The number of halogens is 2. The Morgan fingerprint density at radius 2 is 1.78 bits per heavy atom. The number of benzene rings is 2. The average molecular weight is 434 g/mol. The minimum absolute atomic E-state index is 0.168. The molecule has 0 amide bonds. The molecule has 2 heterocycles. The number of aromatic nitrogens is 2. The summed E-state index contributed by atoms with van der Waals surface area (Å²) in [5, 5.41) is 0. The van der Waals surface area contributed by atoms with Gasteiger partial charge >= 0.3 is 0 Å². The normalized spacial score (nSPS) is 12.3. The molecule has 0 saturated carbocycles. The van der Waals surface area contributed by atoms with Crippen molar-refractivity contribution in [2.45, 2.75) is 6.42 Å². The van der Waals surface area contributed by atoms with Crippen LogP contribution in [0.15, 0.2) is 56.2 Å². The first-order valence-electron chi connectivity index (χ1n) is 6.95. The molecule has 0 bridgehead atoms. The van der Waals surface area contributed by atoms with E-state index in [2.05, 4.69) is 41.8 Å². The molecule has 1 N–H and O–H groups in total. The second-order valence-electron chi connectivity index (χ2n) is 5.24. The van der Waals surface area contributed by atoms with Crippen molar-refractivity contribution in [1.29, 1.82) is 0 Å². The topological polar surface area (TPSA) is 55.0 Å². The SMILES string of the molecule is O=c1[nH]c(-c2ccc(Br)cc2)nc2c1Cc1cc(Br)ccc1O2. The molecule has 2 aromatic carbocycles. The van der Waals surface area contributed by atoms with Crippen LogP contribution in [-0.4, -0.2) is 9.97 Å². The Labute approximate surface area is 148 Å². The third-order valence-electron chi connectivity index (χ3n) is 3.69. The van der Waals surface area contributed by atoms with Gasteiger partial charge in [0.05, 0.1) is 5.56 Å². The number of aromatic amines is 1. The molecular weight excluding hydrogens is 424 g/mol. The van der Waals surface area contributed by atoms with Crippen molar-refractivity contribution in [3.8, 4) is 23.0 Å². The average Bonchev–Trinajstić information content (AvgIpc) is 2.54. The largest absolute Gasteiger partial charge is 0.438 e. The summed E-state index contributed by atoms with van der Waals surface area (Å²) in [7, 11) is 0. The van der Waals surface area contributed by atoms with Gasteiger partial charge in [0, 0.05) is 26.5 Å². The van der Waals surface area contributed by atoms with Crippen LogP contribution < -0.4 is 10.3 Å². The van der Waals surface area contributed by atoms with Gasteiger partial charge in [-0.1, -0.05) is 44.0 Å². The Balaban J connectivity index is 1.81. The summed E-state index contributed by atoms with van der Waals surface area (Å²) in [5.41, 5.74) is 2.18. The Bertz CT molecular complexity index is 965. The summed E-state index contributed by atoms with van der Waals surface area (Å²) in [6.07, 6.45) is 0.507. The Morgan fingerprint density at radius 3 is 2.57 bits per heavy atom. The Morgan fingerprint density at radius 1 is 1.04 bits per heavy atom. The summed E-state index contributed by atoms with van der Waals surface area (Å²) in [5.74, 6) is 1.61. The fraction of sp³-hybridized carbons (Fsp3) is 0.0588. The van der Waals surface area contributed by atoms with Crippen molar-refractivity contribution >= 4 is 31.9 Å². The Hall–Kier alpha value is -1.92. The molecular formula is C17H10Br2N2O2.